The zero-order valence-electron chi connectivity index (χ0n) is 15.7. The highest BCUT2D eigenvalue weighted by Crippen LogP contribution is 2.52. The molecule has 1 atom stereocenters. The largest absolute Gasteiger partial charge is 0.433 e. The van der Waals surface area contributed by atoms with E-state index >= 15 is 0 Å². The number of amides is 1. The van der Waals surface area contributed by atoms with E-state index in [0.29, 0.717) is 35.3 Å². The minimum absolute atomic E-state index is 0.124. The molecule has 4 heterocycles. The molecule has 0 spiro atoms. The standard InChI is InChI=1S/C21H16F3N5O/c22-21(23,24)18-4-1-13(10-26-18)14-9-17-16(5-7-27-29(17)11-14)28-8-6-20(12-25,19(28)30)15-2-3-15/h1,4-5,7,9-11,15H,2-3,6,8H2/t20-/m1/s1. The number of aromatic nitrogens is 3. The number of hydrogen-bond acceptors (Lipinski definition) is 4. The van der Waals surface area contributed by atoms with E-state index in [2.05, 4.69) is 16.2 Å². The summed E-state index contributed by atoms with van der Waals surface area (Å²) in [6.45, 7) is 0.449. The molecule has 2 fully saturated rings. The second-order valence-corrected chi connectivity index (χ2v) is 7.77. The molecule has 152 valence electrons. The Labute approximate surface area is 169 Å². The van der Waals surface area contributed by atoms with Crippen molar-refractivity contribution < 1.29 is 18.0 Å². The van der Waals surface area contributed by atoms with Crippen molar-refractivity contribution in [1.29, 1.82) is 5.26 Å². The lowest BCUT2D eigenvalue weighted by Crippen LogP contribution is -2.35. The SMILES string of the molecule is N#C[C@@]1(C2CC2)CCN(c2ccnn3cc(-c4ccc(C(F)(F)F)nc4)cc23)C1=O. The van der Waals surface area contributed by atoms with Gasteiger partial charge >= 0.3 is 6.18 Å². The number of hydrogen-bond donors (Lipinski definition) is 0. The molecule has 9 heteroatoms. The predicted molar refractivity (Wildman–Crippen MR) is 101 cm³/mol. The Morgan fingerprint density at radius 3 is 2.63 bits per heavy atom. The summed E-state index contributed by atoms with van der Waals surface area (Å²) in [7, 11) is 0. The number of anilines is 1. The maximum Gasteiger partial charge on any atom is 0.433 e. The number of pyridine rings is 1. The number of fused-ring (bicyclic) bond motifs is 1. The summed E-state index contributed by atoms with van der Waals surface area (Å²) >= 11 is 0. The van der Waals surface area contributed by atoms with E-state index in [0.717, 1.165) is 18.9 Å². The van der Waals surface area contributed by atoms with Crippen LogP contribution in [0.5, 0.6) is 0 Å². The van der Waals surface area contributed by atoms with Crippen LogP contribution in [0.15, 0.2) is 42.9 Å². The summed E-state index contributed by atoms with van der Waals surface area (Å²) in [6.07, 6.45) is 2.22. The van der Waals surface area contributed by atoms with Crippen molar-refractivity contribution in [2.45, 2.75) is 25.4 Å². The van der Waals surface area contributed by atoms with E-state index in [1.54, 1.807) is 33.9 Å². The lowest BCUT2D eigenvalue weighted by Gasteiger charge is -2.21. The third-order valence-corrected chi connectivity index (χ3v) is 5.99. The molecule has 0 unspecified atom stereocenters. The summed E-state index contributed by atoms with van der Waals surface area (Å²) in [6, 6.07) is 8.06. The average Bonchev–Trinajstić information content (AvgIpc) is 3.40. The van der Waals surface area contributed by atoms with E-state index < -0.39 is 17.3 Å². The third-order valence-electron chi connectivity index (χ3n) is 5.99. The molecule has 1 saturated carbocycles. The monoisotopic (exact) mass is 411 g/mol. The van der Waals surface area contributed by atoms with Crippen molar-refractivity contribution in [3.05, 3.63) is 48.5 Å². The minimum atomic E-state index is -4.50. The topological polar surface area (TPSA) is 74.3 Å². The second kappa shape index (κ2) is 6.29. The van der Waals surface area contributed by atoms with Gasteiger partial charge in [0, 0.05) is 36.3 Å². The number of alkyl halides is 3. The predicted octanol–water partition coefficient (Wildman–Crippen LogP) is 4.07. The van der Waals surface area contributed by atoms with Gasteiger partial charge in [-0.05, 0) is 43.4 Å². The van der Waals surface area contributed by atoms with Gasteiger partial charge in [-0.15, -0.1) is 0 Å². The van der Waals surface area contributed by atoms with Crippen LogP contribution in [0.4, 0.5) is 18.9 Å². The van der Waals surface area contributed by atoms with Crippen LogP contribution in [-0.4, -0.2) is 27.0 Å². The smallest absolute Gasteiger partial charge is 0.309 e. The van der Waals surface area contributed by atoms with Gasteiger partial charge in [0.1, 0.15) is 11.1 Å². The molecule has 0 bridgehead atoms. The first-order chi connectivity index (χ1) is 14.3. The molecule has 5 rings (SSSR count). The van der Waals surface area contributed by atoms with E-state index in [-0.39, 0.29) is 11.8 Å². The van der Waals surface area contributed by atoms with Crippen molar-refractivity contribution in [1.82, 2.24) is 14.6 Å². The number of carbonyl (C=O) groups is 1. The fourth-order valence-corrected chi connectivity index (χ4v) is 4.24. The first kappa shape index (κ1) is 18.6. The van der Waals surface area contributed by atoms with Crippen molar-refractivity contribution in [3.8, 4) is 17.2 Å². The summed E-state index contributed by atoms with van der Waals surface area (Å²) in [5, 5.41) is 14.0. The van der Waals surface area contributed by atoms with Crippen LogP contribution in [0, 0.1) is 22.7 Å². The van der Waals surface area contributed by atoms with Crippen molar-refractivity contribution in [2.24, 2.45) is 11.3 Å². The molecular weight excluding hydrogens is 395 g/mol. The molecule has 0 aromatic carbocycles. The van der Waals surface area contributed by atoms with Crippen LogP contribution >= 0.6 is 0 Å². The van der Waals surface area contributed by atoms with Crippen LogP contribution < -0.4 is 4.90 Å². The molecule has 30 heavy (non-hydrogen) atoms. The van der Waals surface area contributed by atoms with Gasteiger partial charge in [0.2, 0.25) is 5.91 Å². The highest BCUT2D eigenvalue weighted by atomic mass is 19.4. The minimum Gasteiger partial charge on any atom is -0.309 e. The third kappa shape index (κ3) is 2.75. The zero-order chi connectivity index (χ0) is 21.1. The number of carbonyl (C=O) groups excluding carboxylic acids is 1. The molecule has 3 aromatic heterocycles. The fraction of sp³-hybridized carbons (Fsp3) is 0.333. The molecule has 2 aliphatic rings. The van der Waals surface area contributed by atoms with Gasteiger partial charge < -0.3 is 4.90 Å². The first-order valence-electron chi connectivity index (χ1n) is 9.58. The molecule has 0 N–H and O–H groups in total. The molecule has 6 nitrogen and oxygen atoms in total. The highest BCUT2D eigenvalue weighted by molar-refractivity contribution is 6.05. The van der Waals surface area contributed by atoms with Crippen molar-refractivity contribution in [2.75, 3.05) is 11.4 Å². The molecule has 0 radical (unpaired) electrons. The van der Waals surface area contributed by atoms with Crippen LogP contribution in [0.3, 0.4) is 0 Å². The summed E-state index contributed by atoms with van der Waals surface area (Å²) in [5.74, 6) is -0.0574. The van der Waals surface area contributed by atoms with E-state index in [4.69, 9.17) is 0 Å². The molecule has 1 aliphatic carbocycles. The van der Waals surface area contributed by atoms with Crippen molar-refractivity contribution in [3.63, 3.8) is 0 Å². The van der Waals surface area contributed by atoms with Gasteiger partial charge in [0.15, 0.2) is 0 Å². The number of rotatable bonds is 3. The Kier molecular flexibility index (Phi) is 3.90. The molecular formula is C21H16F3N5O. The average molecular weight is 411 g/mol. The van der Waals surface area contributed by atoms with Crippen LogP contribution in [0.25, 0.3) is 16.6 Å². The van der Waals surface area contributed by atoms with Gasteiger partial charge in [0.25, 0.3) is 0 Å². The Morgan fingerprint density at radius 2 is 2.00 bits per heavy atom. The molecule has 3 aromatic rings. The van der Waals surface area contributed by atoms with Gasteiger partial charge in [-0.1, -0.05) is 6.07 Å². The van der Waals surface area contributed by atoms with Gasteiger partial charge in [-0.3, -0.25) is 9.78 Å². The molecule has 1 amide bonds. The van der Waals surface area contributed by atoms with Gasteiger partial charge in [-0.25, -0.2) is 4.52 Å². The Morgan fingerprint density at radius 1 is 1.20 bits per heavy atom. The van der Waals surface area contributed by atoms with Crippen LogP contribution in [0.2, 0.25) is 0 Å². The Balaban J connectivity index is 1.52. The molecule has 1 aliphatic heterocycles. The number of nitriles is 1. The highest BCUT2D eigenvalue weighted by Gasteiger charge is 2.57. The van der Waals surface area contributed by atoms with Crippen LogP contribution in [0.1, 0.15) is 25.0 Å². The lowest BCUT2D eigenvalue weighted by atomic mass is 9.83. The summed E-state index contributed by atoms with van der Waals surface area (Å²) in [5.41, 5.74) is 0.522. The Bertz CT molecular complexity index is 1190. The second-order valence-electron chi connectivity index (χ2n) is 7.77. The van der Waals surface area contributed by atoms with E-state index in [1.807, 2.05) is 0 Å². The lowest BCUT2D eigenvalue weighted by molar-refractivity contribution is -0.141. The summed E-state index contributed by atoms with van der Waals surface area (Å²) < 4.78 is 39.9. The zero-order valence-corrected chi connectivity index (χ0v) is 15.7. The molecule has 1 saturated heterocycles. The summed E-state index contributed by atoms with van der Waals surface area (Å²) in [4.78, 5) is 18.3. The fourth-order valence-electron chi connectivity index (χ4n) is 4.24. The van der Waals surface area contributed by atoms with Gasteiger partial charge in [0.05, 0.1) is 17.3 Å². The van der Waals surface area contributed by atoms with Crippen LogP contribution in [-0.2, 0) is 11.0 Å². The number of halogens is 3. The van der Waals surface area contributed by atoms with Gasteiger partial charge in [-0.2, -0.15) is 23.5 Å². The maximum absolute atomic E-state index is 13.1. The normalized spacial score (nSPS) is 21.9. The quantitative estimate of drug-likeness (QED) is 0.651. The van der Waals surface area contributed by atoms with E-state index in [1.165, 1.54) is 12.3 Å². The maximum atomic E-state index is 13.1. The Hall–Kier alpha value is -3.41. The van der Waals surface area contributed by atoms with E-state index in [9.17, 15) is 23.2 Å². The first-order valence-corrected chi connectivity index (χ1v) is 9.58. The van der Waals surface area contributed by atoms with Crippen molar-refractivity contribution >= 4 is 17.1 Å². The number of nitrogens with zero attached hydrogens (tertiary/aromatic N) is 5.